The monoisotopic (exact) mass is 227 g/mol. The van der Waals surface area contributed by atoms with Crippen molar-refractivity contribution in [3.8, 4) is 0 Å². The summed E-state index contributed by atoms with van der Waals surface area (Å²) in [6, 6.07) is 0. The Morgan fingerprint density at radius 2 is 1.94 bits per heavy atom. The molecule has 3 nitrogen and oxygen atoms in total. The lowest BCUT2D eigenvalue weighted by Crippen LogP contribution is -2.37. The van der Waals surface area contributed by atoms with E-state index in [9.17, 15) is 4.79 Å². The largest absolute Gasteiger partial charge is 0.395 e. The van der Waals surface area contributed by atoms with Crippen molar-refractivity contribution in [3.05, 3.63) is 0 Å². The SMILES string of the molecule is CCN(CCO)C(=O)CC1(C)CCCCC1. The van der Waals surface area contributed by atoms with Gasteiger partial charge in [-0.3, -0.25) is 4.79 Å². The van der Waals surface area contributed by atoms with E-state index in [1.165, 1.54) is 32.1 Å². The molecular weight excluding hydrogens is 202 g/mol. The molecule has 0 atom stereocenters. The molecule has 1 rings (SSSR count). The van der Waals surface area contributed by atoms with Gasteiger partial charge in [0, 0.05) is 19.5 Å². The van der Waals surface area contributed by atoms with E-state index in [4.69, 9.17) is 5.11 Å². The second-order valence-corrected chi connectivity index (χ2v) is 5.25. The molecule has 1 saturated carbocycles. The van der Waals surface area contributed by atoms with Crippen LogP contribution in [0, 0.1) is 5.41 Å². The van der Waals surface area contributed by atoms with E-state index in [1.807, 2.05) is 6.92 Å². The number of amides is 1. The molecule has 1 fully saturated rings. The van der Waals surface area contributed by atoms with Crippen molar-refractivity contribution in [1.29, 1.82) is 0 Å². The van der Waals surface area contributed by atoms with Crippen molar-refractivity contribution in [1.82, 2.24) is 4.90 Å². The van der Waals surface area contributed by atoms with Gasteiger partial charge in [0.2, 0.25) is 5.91 Å². The number of hydrogen-bond acceptors (Lipinski definition) is 2. The number of aliphatic hydroxyl groups is 1. The molecule has 1 aliphatic carbocycles. The molecule has 1 amide bonds. The number of carbonyl (C=O) groups is 1. The Hall–Kier alpha value is -0.570. The van der Waals surface area contributed by atoms with Gasteiger partial charge < -0.3 is 10.0 Å². The lowest BCUT2D eigenvalue weighted by Gasteiger charge is -2.34. The van der Waals surface area contributed by atoms with Crippen LogP contribution in [0.5, 0.6) is 0 Å². The molecule has 1 aliphatic rings. The van der Waals surface area contributed by atoms with Gasteiger partial charge in [-0.25, -0.2) is 0 Å². The van der Waals surface area contributed by atoms with Gasteiger partial charge in [0.1, 0.15) is 0 Å². The molecule has 0 aromatic carbocycles. The standard InChI is InChI=1S/C13H25NO2/c1-3-14(9-10-15)12(16)11-13(2)7-5-4-6-8-13/h15H,3-11H2,1-2H3. The zero-order chi connectivity index (χ0) is 12.0. The zero-order valence-electron chi connectivity index (χ0n) is 10.7. The lowest BCUT2D eigenvalue weighted by atomic mass is 9.73. The van der Waals surface area contributed by atoms with Crippen LogP contribution in [0.1, 0.15) is 52.4 Å². The van der Waals surface area contributed by atoms with Gasteiger partial charge in [0.15, 0.2) is 0 Å². The van der Waals surface area contributed by atoms with Gasteiger partial charge in [0.25, 0.3) is 0 Å². The summed E-state index contributed by atoms with van der Waals surface area (Å²) in [6.45, 7) is 5.45. The Labute approximate surface area is 98.8 Å². The van der Waals surface area contributed by atoms with Gasteiger partial charge >= 0.3 is 0 Å². The molecule has 94 valence electrons. The number of nitrogens with zero attached hydrogens (tertiary/aromatic N) is 1. The highest BCUT2D eigenvalue weighted by molar-refractivity contribution is 5.76. The first kappa shape index (κ1) is 13.5. The molecule has 0 radical (unpaired) electrons. The maximum Gasteiger partial charge on any atom is 0.223 e. The second-order valence-electron chi connectivity index (χ2n) is 5.25. The molecular formula is C13H25NO2. The first-order chi connectivity index (χ1) is 7.61. The molecule has 16 heavy (non-hydrogen) atoms. The smallest absolute Gasteiger partial charge is 0.223 e. The molecule has 0 aliphatic heterocycles. The van der Waals surface area contributed by atoms with Crippen LogP contribution < -0.4 is 0 Å². The van der Waals surface area contributed by atoms with Crippen molar-refractivity contribution in [3.63, 3.8) is 0 Å². The first-order valence-electron chi connectivity index (χ1n) is 6.50. The van der Waals surface area contributed by atoms with Gasteiger partial charge in [0.05, 0.1) is 6.61 Å². The Kier molecular flexibility index (Phi) is 5.26. The number of aliphatic hydroxyl groups excluding tert-OH is 1. The van der Waals surface area contributed by atoms with Crippen LogP contribution in [0.3, 0.4) is 0 Å². The van der Waals surface area contributed by atoms with Crippen LogP contribution in [-0.2, 0) is 4.79 Å². The minimum absolute atomic E-state index is 0.0658. The summed E-state index contributed by atoms with van der Waals surface area (Å²) in [7, 11) is 0. The van der Waals surface area contributed by atoms with Gasteiger partial charge in [-0.1, -0.05) is 26.2 Å². The summed E-state index contributed by atoms with van der Waals surface area (Å²) >= 11 is 0. The number of rotatable bonds is 5. The molecule has 0 saturated heterocycles. The third-order valence-electron chi connectivity index (χ3n) is 3.74. The van der Waals surface area contributed by atoms with Crippen LogP contribution in [0.25, 0.3) is 0 Å². The number of likely N-dealkylation sites (N-methyl/N-ethyl adjacent to an activating group) is 1. The van der Waals surface area contributed by atoms with E-state index >= 15 is 0 Å². The summed E-state index contributed by atoms with van der Waals surface area (Å²) in [5, 5.41) is 8.89. The molecule has 0 spiro atoms. The lowest BCUT2D eigenvalue weighted by molar-refractivity contribution is -0.134. The van der Waals surface area contributed by atoms with Crippen molar-refractivity contribution >= 4 is 5.91 Å². The molecule has 0 bridgehead atoms. The summed E-state index contributed by atoms with van der Waals surface area (Å²) in [5.41, 5.74) is 0.207. The second kappa shape index (κ2) is 6.24. The third-order valence-corrected chi connectivity index (χ3v) is 3.74. The van der Waals surface area contributed by atoms with Crippen molar-refractivity contribution in [2.24, 2.45) is 5.41 Å². The summed E-state index contributed by atoms with van der Waals surface area (Å²) < 4.78 is 0. The number of hydrogen-bond donors (Lipinski definition) is 1. The van der Waals surface area contributed by atoms with E-state index < -0.39 is 0 Å². The van der Waals surface area contributed by atoms with Crippen LogP contribution in [0.4, 0.5) is 0 Å². The van der Waals surface area contributed by atoms with Crippen LogP contribution in [0.15, 0.2) is 0 Å². The quantitative estimate of drug-likeness (QED) is 0.782. The molecule has 0 aromatic rings. The minimum atomic E-state index is 0.0658. The first-order valence-corrected chi connectivity index (χ1v) is 6.50. The van der Waals surface area contributed by atoms with Crippen molar-refractivity contribution in [2.75, 3.05) is 19.7 Å². The zero-order valence-corrected chi connectivity index (χ0v) is 10.7. The van der Waals surface area contributed by atoms with Crippen LogP contribution in [0.2, 0.25) is 0 Å². The fourth-order valence-corrected chi connectivity index (χ4v) is 2.64. The van der Waals surface area contributed by atoms with E-state index in [1.54, 1.807) is 4.90 Å². The van der Waals surface area contributed by atoms with E-state index in [-0.39, 0.29) is 17.9 Å². The number of carbonyl (C=O) groups excluding carboxylic acids is 1. The third kappa shape index (κ3) is 3.78. The Bertz CT molecular complexity index is 222. The van der Waals surface area contributed by atoms with E-state index in [0.717, 1.165) is 0 Å². The summed E-state index contributed by atoms with van der Waals surface area (Å²) in [6.07, 6.45) is 6.84. The van der Waals surface area contributed by atoms with E-state index in [0.29, 0.717) is 19.5 Å². The molecule has 0 aromatic heterocycles. The summed E-state index contributed by atoms with van der Waals surface area (Å²) in [4.78, 5) is 13.8. The predicted molar refractivity (Wildman–Crippen MR) is 65.1 cm³/mol. The minimum Gasteiger partial charge on any atom is -0.395 e. The van der Waals surface area contributed by atoms with Gasteiger partial charge in [-0.2, -0.15) is 0 Å². The Morgan fingerprint density at radius 3 is 2.44 bits per heavy atom. The molecule has 3 heteroatoms. The normalized spacial score (nSPS) is 19.4. The van der Waals surface area contributed by atoms with Crippen molar-refractivity contribution < 1.29 is 9.90 Å². The van der Waals surface area contributed by atoms with E-state index in [2.05, 4.69) is 6.92 Å². The highest BCUT2D eigenvalue weighted by Crippen LogP contribution is 2.38. The molecule has 0 unspecified atom stereocenters. The Morgan fingerprint density at radius 1 is 1.31 bits per heavy atom. The highest BCUT2D eigenvalue weighted by atomic mass is 16.3. The average molecular weight is 227 g/mol. The fraction of sp³-hybridized carbons (Fsp3) is 0.923. The maximum absolute atomic E-state index is 12.1. The topological polar surface area (TPSA) is 40.5 Å². The van der Waals surface area contributed by atoms with Crippen molar-refractivity contribution in [2.45, 2.75) is 52.4 Å². The fourth-order valence-electron chi connectivity index (χ4n) is 2.64. The van der Waals surface area contributed by atoms with Gasteiger partial charge in [-0.05, 0) is 25.2 Å². The highest BCUT2D eigenvalue weighted by Gasteiger charge is 2.30. The Balaban J connectivity index is 2.47. The molecule has 0 heterocycles. The van der Waals surface area contributed by atoms with Crippen LogP contribution in [-0.4, -0.2) is 35.6 Å². The maximum atomic E-state index is 12.1. The van der Waals surface area contributed by atoms with Gasteiger partial charge in [-0.15, -0.1) is 0 Å². The predicted octanol–water partition coefficient (Wildman–Crippen LogP) is 2.19. The molecule has 1 N–H and O–H groups in total. The summed E-state index contributed by atoms with van der Waals surface area (Å²) in [5.74, 6) is 0.209. The van der Waals surface area contributed by atoms with Crippen LogP contribution >= 0.6 is 0 Å². The average Bonchev–Trinajstić information content (AvgIpc) is 2.26.